The molecular formula is C27H28N4O5. The van der Waals surface area contributed by atoms with Crippen molar-refractivity contribution in [3.63, 3.8) is 0 Å². The summed E-state index contributed by atoms with van der Waals surface area (Å²) in [6.07, 6.45) is -0.797. The van der Waals surface area contributed by atoms with E-state index in [1.165, 1.54) is 24.3 Å². The standard InChI is InChI=1S/C27H28N4O5/c1-27(2,3)36-26(35)29-17-23(33)31(15-14-28)24(19-9-12-22(32)13-10-19)25(34)30-21-11-8-18-6-4-5-7-20(18)16-21/h4-13,16,24,32H,15,17H2,1-3H3,(H,29,35)(H,30,34). The van der Waals surface area contributed by atoms with Gasteiger partial charge in [-0.2, -0.15) is 5.26 Å². The number of carbonyl (C=O) groups excluding carboxylic acids is 3. The number of alkyl carbamates (subject to hydrolysis) is 1. The molecule has 0 aliphatic heterocycles. The van der Waals surface area contributed by atoms with Gasteiger partial charge in [-0.15, -0.1) is 0 Å². The number of phenolic OH excluding ortho intramolecular Hbond substituents is 1. The first kappa shape index (κ1) is 26.0. The first-order valence-electron chi connectivity index (χ1n) is 11.3. The van der Waals surface area contributed by atoms with Gasteiger partial charge in [0.15, 0.2) is 0 Å². The van der Waals surface area contributed by atoms with Crippen LogP contribution in [0.2, 0.25) is 0 Å². The van der Waals surface area contributed by atoms with E-state index in [4.69, 9.17) is 4.74 Å². The number of nitrogens with zero attached hydrogens (tertiary/aromatic N) is 2. The molecule has 0 saturated heterocycles. The number of anilines is 1. The molecule has 0 aliphatic rings. The smallest absolute Gasteiger partial charge is 0.408 e. The largest absolute Gasteiger partial charge is 0.508 e. The van der Waals surface area contributed by atoms with Gasteiger partial charge in [0.2, 0.25) is 5.91 Å². The summed E-state index contributed by atoms with van der Waals surface area (Å²) in [5.74, 6) is -1.23. The molecule has 1 unspecified atom stereocenters. The molecule has 0 fully saturated rings. The van der Waals surface area contributed by atoms with Crippen LogP contribution in [0.5, 0.6) is 5.75 Å². The zero-order chi connectivity index (χ0) is 26.3. The van der Waals surface area contributed by atoms with Gasteiger partial charge < -0.3 is 25.4 Å². The fourth-order valence-electron chi connectivity index (χ4n) is 3.57. The maximum Gasteiger partial charge on any atom is 0.408 e. The second-order valence-corrected chi connectivity index (χ2v) is 9.08. The number of aromatic hydroxyl groups is 1. The van der Waals surface area contributed by atoms with Crippen LogP contribution in [0.25, 0.3) is 10.8 Å². The molecule has 186 valence electrons. The highest BCUT2D eigenvalue weighted by Crippen LogP contribution is 2.26. The van der Waals surface area contributed by atoms with Crippen LogP contribution in [0, 0.1) is 11.3 Å². The lowest BCUT2D eigenvalue weighted by atomic mass is 10.0. The number of rotatable bonds is 7. The van der Waals surface area contributed by atoms with Crippen molar-refractivity contribution in [1.82, 2.24) is 10.2 Å². The van der Waals surface area contributed by atoms with Crippen molar-refractivity contribution >= 4 is 34.4 Å². The van der Waals surface area contributed by atoms with Crippen molar-refractivity contribution in [2.24, 2.45) is 0 Å². The summed E-state index contributed by atoms with van der Waals surface area (Å²) in [5, 5.41) is 26.2. The van der Waals surface area contributed by atoms with Crippen LogP contribution in [0.3, 0.4) is 0 Å². The molecule has 0 heterocycles. The molecule has 3 amide bonds. The summed E-state index contributed by atoms with van der Waals surface area (Å²) in [4.78, 5) is 39.7. The van der Waals surface area contributed by atoms with E-state index in [2.05, 4.69) is 10.6 Å². The molecule has 3 aromatic carbocycles. The number of nitriles is 1. The predicted molar refractivity (Wildman–Crippen MR) is 135 cm³/mol. The van der Waals surface area contributed by atoms with Crippen molar-refractivity contribution in [3.05, 3.63) is 72.3 Å². The third kappa shape index (κ3) is 6.96. The summed E-state index contributed by atoms with van der Waals surface area (Å²) in [6, 6.07) is 19.6. The maximum atomic E-state index is 13.5. The SMILES string of the molecule is CC(C)(C)OC(=O)NCC(=O)N(CC#N)C(C(=O)Nc1ccc2ccccc2c1)c1ccc(O)cc1. The van der Waals surface area contributed by atoms with E-state index in [0.717, 1.165) is 15.7 Å². The molecule has 0 aromatic heterocycles. The van der Waals surface area contributed by atoms with Gasteiger partial charge in [0.25, 0.3) is 5.91 Å². The Morgan fingerprint density at radius 2 is 1.69 bits per heavy atom. The van der Waals surface area contributed by atoms with E-state index in [1.54, 1.807) is 26.8 Å². The summed E-state index contributed by atoms with van der Waals surface area (Å²) in [5.41, 5.74) is 0.138. The maximum absolute atomic E-state index is 13.5. The molecule has 3 rings (SSSR count). The first-order valence-corrected chi connectivity index (χ1v) is 11.3. The fourth-order valence-corrected chi connectivity index (χ4v) is 3.57. The van der Waals surface area contributed by atoms with Crippen molar-refractivity contribution in [2.45, 2.75) is 32.4 Å². The number of ether oxygens (including phenoxy) is 1. The Morgan fingerprint density at radius 3 is 2.33 bits per heavy atom. The first-order chi connectivity index (χ1) is 17.1. The quantitative estimate of drug-likeness (QED) is 0.429. The molecule has 9 nitrogen and oxygen atoms in total. The van der Waals surface area contributed by atoms with Crippen molar-refractivity contribution < 1.29 is 24.2 Å². The van der Waals surface area contributed by atoms with Crippen LogP contribution >= 0.6 is 0 Å². The van der Waals surface area contributed by atoms with Crippen LogP contribution in [0.4, 0.5) is 10.5 Å². The highest BCUT2D eigenvalue weighted by atomic mass is 16.6. The Labute approximate surface area is 209 Å². The van der Waals surface area contributed by atoms with Gasteiger partial charge in [0, 0.05) is 5.69 Å². The summed E-state index contributed by atoms with van der Waals surface area (Å²) < 4.78 is 5.15. The summed E-state index contributed by atoms with van der Waals surface area (Å²) >= 11 is 0. The zero-order valence-electron chi connectivity index (χ0n) is 20.3. The Kier molecular flexibility index (Phi) is 8.12. The summed E-state index contributed by atoms with van der Waals surface area (Å²) in [6.45, 7) is 4.18. The molecule has 3 aromatic rings. The van der Waals surface area contributed by atoms with Gasteiger partial charge >= 0.3 is 6.09 Å². The molecule has 36 heavy (non-hydrogen) atoms. The second kappa shape index (κ2) is 11.2. The third-order valence-electron chi connectivity index (χ3n) is 5.13. The van der Waals surface area contributed by atoms with Crippen molar-refractivity contribution in [1.29, 1.82) is 5.26 Å². The zero-order valence-corrected chi connectivity index (χ0v) is 20.3. The Hall–Kier alpha value is -4.58. The molecular weight excluding hydrogens is 460 g/mol. The van der Waals surface area contributed by atoms with Gasteiger partial charge in [0.05, 0.1) is 6.07 Å². The number of phenols is 1. The molecule has 9 heteroatoms. The number of hydrogen-bond acceptors (Lipinski definition) is 6. The fraction of sp³-hybridized carbons (Fsp3) is 0.259. The van der Waals surface area contributed by atoms with Gasteiger partial charge in [-0.1, -0.05) is 42.5 Å². The topological polar surface area (TPSA) is 132 Å². The van der Waals surface area contributed by atoms with Crippen LogP contribution in [0.1, 0.15) is 32.4 Å². The number of amides is 3. The van der Waals surface area contributed by atoms with Gasteiger partial charge in [0.1, 0.15) is 30.5 Å². The molecule has 0 aliphatic carbocycles. The monoisotopic (exact) mass is 488 g/mol. The number of hydrogen-bond donors (Lipinski definition) is 3. The lowest BCUT2D eigenvalue weighted by Crippen LogP contribution is -2.46. The van der Waals surface area contributed by atoms with Crippen LogP contribution in [-0.4, -0.2) is 46.6 Å². The molecule has 3 N–H and O–H groups in total. The molecule has 0 radical (unpaired) electrons. The van der Waals surface area contributed by atoms with Crippen molar-refractivity contribution in [3.8, 4) is 11.8 Å². The van der Waals surface area contributed by atoms with Crippen LogP contribution in [-0.2, 0) is 14.3 Å². The number of fused-ring (bicyclic) bond motifs is 1. The Balaban J connectivity index is 1.88. The highest BCUT2D eigenvalue weighted by molar-refractivity contribution is 6.00. The number of nitrogens with one attached hydrogen (secondary N) is 2. The number of carbonyl (C=O) groups is 3. The van der Waals surface area contributed by atoms with Crippen LogP contribution in [0.15, 0.2) is 66.7 Å². The van der Waals surface area contributed by atoms with E-state index < -0.39 is 42.6 Å². The normalized spacial score (nSPS) is 11.7. The summed E-state index contributed by atoms with van der Waals surface area (Å²) in [7, 11) is 0. The lowest BCUT2D eigenvalue weighted by molar-refractivity contribution is -0.137. The molecule has 0 spiro atoms. The number of benzene rings is 3. The van der Waals surface area contributed by atoms with E-state index in [-0.39, 0.29) is 5.75 Å². The predicted octanol–water partition coefficient (Wildman–Crippen LogP) is 4.10. The van der Waals surface area contributed by atoms with Gasteiger partial charge in [-0.25, -0.2) is 4.79 Å². The van der Waals surface area contributed by atoms with Crippen molar-refractivity contribution in [2.75, 3.05) is 18.4 Å². The average Bonchev–Trinajstić information content (AvgIpc) is 2.82. The lowest BCUT2D eigenvalue weighted by Gasteiger charge is -2.29. The average molecular weight is 489 g/mol. The van der Waals surface area contributed by atoms with E-state index in [9.17, 15) is 24.8 Å². The third-order valence-corrected chi connectivity index (χ3v) is 5.13. The highest BCUT2D eigenvalue weighted by Gasteiger charge is 2.32. The van der Waals surface area contributed by atoms with E-state index in [0.29, 0.717) is 11.3 Å². The minimum Gasteiger partial charge on any atom is -0.508 e. The molecule has 0 bridgehead atoms. The second-order valence-electron chi connectivity index (χ2n) is 9.08. The Bertz CT molecular complexity index is 1290. The van der Waals surface area contributed by atoms with E-state index in [1.807, 2.05) is 42.5 Å². The van der Waals surface area contributed by atoms with Gasteiger partial charge in [-0.3, -0.25) is 9.59 Å². The van der Waals surface area contributed by atoms with E-state index >= 15 is 0 Å². The minimum atomic E-state index is -1.20. The molecule has 1 atom stereocenters. The van der Waals surface area contributed by atoms with Gasteiger partial charge in [-0.05, 0) is 61.4 Å². The minimum absolute atomic E-state index is 0.0165. The Morgan fingerprint density at radius 1 is 1.03 bits per heavy atom. The molecule has 0 saturated carbocycles. The van der Waals surface area contributed by atoms with Crippen LogP contribution < -0.4 is 10.6 Å².